The van der Waals surface area contributed by atoms with Gasteiger partial charge in [-0.25, -0.2) is 0 Å². The van der Waals surface area contributed by atoms with Crippen LogP contribution in [0, 0.1) is 5.41 Å². The summed E-state index contributed by atoms with van der Waals surface area (Å²) in [6.07, 6.45) is 5.32. The van der Waals surface area contributed by atoms with E-state index in [1.165, 1.54) is 58.4 Å². The number of hydrogen-bond acceptors (Lipinski definition) is 4. The molecule has 3 aliphatic rings. The van der Waals surface area contributed by atoms with Gasteiger partial charge in [-0.3, -0.25) is 4.90 Å². The summed E-state index contributed by atoms with van der Waals surface area (Å²) in [5.41, 5.74) is 0.435. The molecular weight excluding hydrogens is 262 g/mol. The first-order chi connectivity index (χ1) is 10.2. The quantitative estimate of drug-likeness (QED) is 0.805. The molecule has 0 spiro atoms. The molecule has 0 unspecified atom stereocenters. The molecule has 0 radical (unpaired) electrons. The number of nitrogens with one attached hydrogen (secondary N) is 1. The highest BCUT2D eigenvalue weighted by molar-refractivity contribution is 4.91. The van der Waals surface area contributed by atoms with Crippen LogP contribution >= 0.6 is 0 Å². The third-order valence-electron chi connectivity index (χ3n) is 5.47. The number of rotatable bonds is 6. The fourth-order valence-electron chi connectivity index (χ4n) is 3.82. The zero-order valence-electron chi connectivity index (χ0n) is 13.9. The van der Waals surface area contributed by atoms with Gasteiger partial charge >= 0.3 is 0 Å². The normalized spacial score (nSPS) is 28.1. The lowest BCUT2D eigenvalue weighted by atomic mass is 9.79. The van der Waals surface area contributed by atoms with Crippen LogP contribution in [0.5, 0.6) is 0 Å². The van der Waals surface area contributed by atoms with Crippen molar-refractivity contribution in [1.29, 1.82) is 0 Å². The van der Waals surface area contributed by atoms with Crippen LogP contribution in [0.15, 0.2) is 0 Å². The second-order valence-corrected chi connectivity index (χ2v) is 7.69. The molecule has 21 heavy (non-hydrogen) atoms. The SMILES string of the molecule is CC(C)NCC1(CN2CCN(C3CC3)CC2)CCOCC1. The standard InChI is InChI=1S/C17H33N3O/c1-15(2)18-13-17(5-11-21-12-6-17)14-19-7-9-20(10-8-19)16-3-4-16/h15-16,18H,3-14H2,1-2H3. The summed E-state index contributed by atoms with van der Waals surface area (Å²) in [6, 6.07) is 1.52. The minimum absolute atomic E-state index is 0.435. The average Bonchev–Trinajstić information content (AvgIpc) is 3.32. The molecule has 0 aromatic carbocycles. The summed E-state index contributed by atoms with van der Waals surface area (Å²) >= 11 is 0. The predicted octanol–water partition coefficient (Wildman–Crippen LogP) is 1.56. The zero-order chi connectivity index (χ0) is 14.7. The van der Waals surface area contributed by atoms with Crippen molar-refractivity contribution in [1.82, 2.24) is 15.1 Å². The Kier molecular flexibility index (Phi) is 5.20. The molecule has 2 saturated heterocycles. The molecule has 1 saturated carbocycles. The van der Waals surface area contributed by atoms with Crippen LogP contribution in [-0.2, 0) is 4.74 Å². The van der Waals surface area contributed by atoms with E-state index in [2.05, 4.69) is 29.0 Å². The molecule has 4 heteroatoms. The van der Waals surface area contributed by atoms with E-state index in [-0.39, 0.29) is 0 Å². The van der Waals surface area contributed by atoms with Crippen LogP contribution in [-0.4, -0.2) is 74.4 Å². The smallest absolute Gasteiger partial charge is 0.0472 e. The van der Waals surface area contributed by atoms with Gasteiger partial charge in [0.1, 0.15) is 0 Å². The van der Waals surface area contributed by atoms with E-state index in [9.17, 15) is 0 Å². The Hall–Kier alpha value is -0.160. The third-order valence-corrected chi connectivity index (χ3v) is 5.47. The summed E-state index contributed by atoms with van der Waals surface area (Å²) < 4.78 is 5.62. The lowest BCUT2D eigenvalue weighted by Crippen LogP contribution is -2.54. The molecule has 0 aromatic heterocycles. The first kappa shape index (κ1) is 15.7. The van der Waals surface area contributed by atoms with Gasteiger partial charge in [0.05, 0.1) is 0 Å². The van der Waals surface area contributed by atoms with Crippen LogP contribution in [0.1, 0.15) is 39.5 Å². The fraction of sp³-hybridized carbons (Fsp3) is 1.00. The second-order valence-electron chi connectivity index (χ2n) is 7.69. The number of piperazine rings is 1. The number of ether oxygens (including phenoxy) is 1. The maximum absolute atomic E-state index is 5.62. The van der Waals surface area contributed by atoms with E-state index >= 15 is 0 Å². The van der Waals surface area contributed by atoms with Crippen molar-refractivity contribution in [3.05, 3.63) is 0 Å². The number of nitrogens with zero attached hydrogens (tertiary/aromatic N) is 2. The second kappa shape index (κ2) is 6.95. The molecule has 0 amide bonds. The van der Waals surface area contributed by atoms with E-state index < -0.39 is 0 Å². The highest BCUT2D eigenvalue weighted by Crippen LogP contribution is 2.32. The molecule has 0 aromatic rings. The molecule has 2 aliphatic heterocycles. The first-order valence-corrected chi connectivity index (χ1v) is 8.94. The minimum Gasteiger partial charge on any atom is -0.381 e. The summed E-state index contributed by atoms with van der Waals surface area (Å²) in [5, 5.41) is 3.69. The third kappa shape index (κ3) is 4.41. The molecular formula is C17H33N3O. The molecule has 0 bridgehead atoms. The van der Waals surface area contributed by atoms with Gasteiger partial charge in [-0.2, -0.15) is 0 Å². The Morgan fingerprint density at radius 3 is 2.33 bits per heavy atom. The molecule has 3 rings (SSSR count). The van der Waals surface area contributed by atoms with Gasteiger partial charge in [-0.15, -0.1) is 0 Å². The minimum atomic E-state index is 0.435. The molecule has 122 valence electrons. The summed E-state index contributed by atoms with van der Waals surface area (Å²) in [7, 11) is 0. The van der Waals surface area contributed by atoms with Gasteiger partial charge in [0, 0.05) is 64.6 Å². The lowest BCUT2D eigenvalue weighted by molar-refractivity contribution is -0.0136. The molecule has 1 N–H and O–H groups in total. The van der Waals surface area contributed by atoms with Crippen LogP contribution in [0.2, 0.25) is 0 Å². The maximum atomic E-state index is 5.62. The molecule has 2 heterocycles. The Bertz CT molecular complexity index is 316. The van der Waals surface area contributed by atoms with Gasteiger partial charge in [-0.1, -0.05) is 13.8 Å². The van der Waals surface area contributed by atoms with Crippen molar-refractivity contribution in [2.24, 2.45) is 5.41 Å². The average molecular weight is 295 g/mol. The van der Waals surface area contributed by atoms with Gasteiger partial charge in [0.15, 0.2) is 0 Å². The first-order valence-electron chi connectivity index (χ1n) is 8.94. The van der Waals surface area contributed by atoms with Gasteiger partial charge in [-0.05, 0) is 31.1 Å². The lowest BCUT2D eigenvalue weighted by Gasteiger charge is -2.44. The molecule has 0 atom stereocenters. The maximum Gasteiger partial charge on any atom is 0.0472 e. The van der Waals surface area contributed by atoms with E-state index in [4.69, 9.17) is 4.74 Å². The predicted molar refractivity (Wildman–Crippen MR) is 86.7 cm³/mol. The zero-order valence-corrected chi connectivity index (χ0v) is 13.9. The topological polar surface area (TPSA) is 27.7 Å². The van der Waals surface area contributed by atoms with Crippen LogP contribution in [0.4, 0.5) is 0 Å². The van der Waals surface area contributed by atoms with E-state index in [0.29, 0.717) is 11.5 Å². The van der Waals surface area contributed by atoms with Crippen molar-refractivity contribution in [3.8, 4) is 0 Å². The number of hydrogen-bond donors (Lipinski definition) is 1. The monoisotopic (exact) mass is 295 g/mol. The van der Waals surface area contributed by atoms with Crippen LogP contribution in [0.25, 0.3) is 0 Å². The van der Waals surface area contributed by atoms with Crippen molar-refractivity contribution in [2.45, 2.75) is 51.6 Å². The Morgan fingerprint density at radius 1 is 1.10 bits per heavy atom. The highest BCUT2D eigenvalue weighted by Gasteiger charge is 2.37. The Balaban J connectivity index is 1.51. The van der Waals surface area contributed by atoms with Crippen LogP contribution in [0.3, 0.4) is 0 Å². The molecule has 1 aliphatic carbocycles. The van der Waals surface area contributed by atoms with E-state index in [0.717, 1.165) is 25.8 Å². The molecule has 4 nitrogen and oxygen atoms in total. The summed E-state index contributed by atoms with van der Waals surface area (Å²) in [4.78, 5) is 5.42. The van der Waals surface area contributed by atoms with Gasteiger partial charge in [0.25, 0.3) is 0 Å². The van der Waals surface area contributed by atoms with Crippen molar-refractivity contribution >= 4 is 0 Å². The van der Waals surface area contributed by atoms with Gasteiger partial charge in [0.2, 0.25) is 0 Å². The van der Waals surface area contributed by atoms with Crippen molar-refractivity contribution < 1.29 is 4.74 Å². The largest absolute Gasteiger partial charge is 0.381 e. The van der Waals surface area contributed by atoms with Gasteiger partial charge < -0.3 is 15.0 Å². The van der Waals surface area contributed by atoms with Crippen molar-refractivity contribution in [2.75, 3.05) is 52.5 Å². The van der Waals surface area contributed by atoms with E-state index in [1.807, 2.05) is 0 Å². The highest BCUT2D eigenvalue weighted by atomic mass is 16.5. The van der Waals surface area contributed by atoms with E-state index in [1.54, 1.807) is 0 Å². The van der Waals surface area contributed by atoms with Crippen LogP contribution < -0.4 is 5.32 Å². The Morgan fingerprint density at radius 2 is 1.76 bits per heavy atom. The summed E-state index contributed by atoms with van der Waals surface area (Å²) in [6.45, 7) is 13.9. The molecule has 3 fully saturated rings. The fourth-order valence-corrected chi connectivity index (χ4v) is 3.82. The Labute approximate surface area is 130 Å². The summed E-state index contributed by atoms with van der Waals surface area (Å²) in [5.74, 6) is 0. The van der Waals surface area contributed by atoms with Crippen molar-refractivity contribution in [3.63, 3.8) is 0 Å².